The number of carbonyl (C=O) groups excluding carboxylic acids is 2. The third kappa shape index (κ3) is 4.07. The predicted molar refractivity (Wildman–Crippen MR) is 112 cm³/mol. The van der Waals surface area contributed by atoms with Gasteiger partial charge in [0, 0.05) is 34.4 Å². The van der Waals surface area contributed by atoms with E-state index in [1.165, 1.54) is 25.7 Å². The highest BCUT2D eigenvalue weighted by atomic mass is 35.5. The average Bonchev–Trinajstić information content (AvgIpc) is 2.73. The molecule has 146 valence electrons. The number of hydrogen-bond acceptors (Lipinski definition) is 2. The van der Waals surface area contributed by atoms with Crippen LogP contribution in [0, 0.1) is 5.92 Å². The minimum absolute atomic E-state index is 0.0826. The molecular formula is C23H25ClN2O2. The maximum Gasteiger partial charge on any atom is 0.255 e. The predicted octanol–water partition coefficient (Wildman–Crippen LogP) is 5.39. The molecule has 5 heteroatoms. The number of benzene rings is 2. The fourth-order valence-electron chi connectivity index (χ4n) is 4.58. The molecule has 2 aromatic rings. The van der Waals surface area contributed by atoms with Gasteiger partial charge in [0.1, 0.15) is 0 Å². The van der Waals surface area contributed by atoms with Crippen molar-refractivity contribution in [3.05, 3.63) is 64.7 Å². The Kier molecular flexibility index (Phi) is 5.67. The lowest BCUT2D eigenvalue weighted by Crippen LogP contribution is -2.49. The van der Waals surface area contributed by atoms with Crippen molar-refractivity contribution in [2.24, 2.45) is 5.92 Å². The molecule has 4 rings (SSSR count). The lowest BCUT2D eigenvalue weighted by molar-refractivity contribution is 0.0390. The van der Waals surface area contributed by atoms with Gasteiger partial charge in [0.05, 0.1) is 0 Å². The number of amides is 2. The van der Waals surface area contributed by atoms with Gasteiger partial charge in [-0.3, -0.25) is 9.59 Å². The largest absolute Gasteiger partial charge is 0.335 e. The molecule has 0 bridgehead atoms. The standard InChI is InChI=1S/C23H25ClN2O2/c24-19-12-10-17(11-13-19)22(27)25-20-8-3-6-18(15-20)23(28)26-14-4-7-16-5-1-2-9-21(16)26/h3,6,8,10-13,15-16,21H,1-2,4-5,7,9,14H2,(H,25,27)/t16-,21-/m0/s1. The Hall–Kier alpha value is -2.33. The van der Waals surface area contributed by atoms with Crippen molar-refractivity contribution in [2.45, 2.75) is 44.6 Å². The summed E-state index contributed by atoms with van der Waals surface area (Å²) in [6.45, 7) is 0.835. The number of hydrogen-bond donors (Lipinski definition) is 1. The second kappa shape index (κ2) is 8.36. The van der Waals surface area contributed by atoms with Crippen molar-refractivity contribution in [3.8, 4) is 0 Å². The van der Waals surface area contributed by atoms with Crippen LogP contribution in [0.4, 0.5) is 5.69 Å². The zero-order valence-electron chi connectivity index (χ0n) is 15.9. The molecule has 2 atom stereocenters. The Bertz CT molecular complexity index is 863. The van der Waals surface area contributed by atoms with Crippen LogP contribution in [0.15, 0.2) is 48.5 Å². The summed E-state index contributed by atoms with van der Waals surface area (Å²) >= 11 is 5.88. The number of halogens is 1. The summed E-state index contributed by atoms with van der Waals surface area (Å²) in [5.41, 5.74) is 1.80. The summed E-state index contributed by atoms with van der Waals surface area (Å²) in [6.07, 6.45) is 7.18. The summed E-state index contributed by atoms with van der Waals surface area (Å²) in [4.78, 5) is 27.7. The van der Waals surface area contributed by atoms with Crippen molar-refractivity contribution < 1.29 is 9.59 Å². The molecule has 1 saturated heterocycles. The van der Waals surface area contributed by atoms with E-state index in [0.29, 0.717) is 33.8 Å². The van der Waals surface area contributed by atoms with Crippen LogP contribution in [-0.2, 0) is 0 Å². The first-order valence-corrected chi connectivity index (χ1v) is 10.5. The number of piperidine rings is 1. The van der Waals surface area contributed by atoms with Crippen LogP contribution in [-0.4, -0.2) is 29.3 Å². The van der Waals surface area contributed by atoms with Crippen LogP contribution < -0.4 is 5.32 Å². The highest BCUT2D eigenvalue weighted by Crippen LogP contribution is 2.36. The number of fused-ring (bicyclic) bond motifs is 1. The monoisotopic (exact) mass is 396 g/mol. The van der Waals surface area contributed by atoms with E-state index in [1.54, 1.807) is 30.3 Å². The molecule has 1 N–H and O–H groups in total. The Balaban J connectivity index is 1.49. The van der Waals surface area contributed by atoms with Gasteiger partial charge in [-0.1, -0.05) is 30.5 Å². The summed E-state index contributed by atoms with van der Waals surface area (Å²) in [6, 6.07) is 14.4. The molecule has 2 aliphatic rings. The molecule has 0 spiro atoms. The van der Waals surface area contributed by atoms with Gasteiger partial charge in [-0.2, -0.15) is 0 Å². The van der Waals surface area contributed by atoms with E-state index >= 15 is 0 Å². The van der Waals surface area contributed by atoms with Crippen LogP contribution in [0.5, 0.6) is 0 Å². The third-order valence-electron chi connectivity index (χ3n) is 5.98. The molecule has 0 aromatic heterocycles. The summed E-state index contributed by atoms with van der Waals surface area (Å²) in [5.74, 6) is 0.519. The number of nitrogens with one attached hydrogen (secondary N) is 1. The molecule has 1 aliphatic carbocycles. The quantitative estimate of drug-likeness (QED) is 0.756. The molecule has 2 aromatic carbocycles. The van der Waals surface area contributed by atoms with Crippen LogP contribution >= 0.6 is 11.6 Å². The summed E-state index contributed by atoms with van der Waals surface area (Å²) < 4.78 is 0. The van der Waals surface area contributed by atoms with Crippen molar-refractivity contribution in [1.29, 1.82) is 0 Å². The maximum absolute atomic E-state index is 13.2. The smallest absolute Gasteiger partial charge is 0.255 e. The molecule has 2 amide bonds. The van der Waals surface area contributed by atoms with Gasteiger partial charge in [0.15, 0.2) is 0 Å². The van der Waals surface area contributed by atoms with Gasteiger partial charge < -0.3 is 10.2 Å². The number of nitrogens with zero attached hydrogens (tertiary/aromatic N) is 1. The van der Waals surface area contributed by atoms with Gasteiger partial charge in [0.2, 0.25) is 0 Å². The van der Waals surface area contributed by atoms with E-state index in [0.717, 1.165) is 19.4 Å². The molecular weight excluding hydrogens is 372 g/mol. The van der Waals surface area contributed by atoms with Crippen molar-refractivity contribution in [1.82, 2.24) is 4.90 Å². The van der Waals surface area contributed by atoms with Gasteiger partial charge in [-0.05, 0) is 74.1 Å². The molecule has 28 heavy (non-hydrogen) atoms. The molecule has 0 unspecified atom stereocenters. The lowest BCUT2D eigenvalue weighted by atomic mass is 9.78. The van der Waals surface area contributed by atoms with E-state index in [4.69, 9.17) is 11.6 Å². The molecule has 4 nitrogen and oxygen atoms in total. The second-order valence-electron chi connectivity index (χ2n) is 7.79. The first-order chi connectivity index (χ1) is 13.6. The van der Waals surface area contributed by atoms with Gasteiger partial charge in [-0.25, -0.2) is 0 Å². The SMILES string of the molecule is O=C(Nc1cccc(C(=O)N2CCC[C@@H]3CCCC[C@@H]32)c1)c1ccc(Cl)cc1. The Morgan fingerprint density at radius 1 is 0.929 bits per heavy atom. The van der Waals surface area contributed by atoms with E-state index in [1.807, 2.05) is 18.2 Å². The number of anilines is 1. The van der Waals surface area contributed by atoms with E-state index in [9.17, 15) is 9.59 Å². The number of rotatable bonds is 3. The Labute approximate surface area is 170 Å². The fraction of sp³-hybridized carbons (Fsp3) is 0.391. The van der Waals surface area contributed by atoms with Gasteiger partial charge >= 0.3 is 0 Å². The number of carbonyl (C=O) groups is 2. The highest BCUT2D eigenvalue weighted by molar-refractivity contribution is 6.30. The molecule has 1 heterocycles. The van der Waals surface area contributed by atoms with Gasteiger partial charge in [0.25, 0.3) is 11.8 Å². The first kappa shape index (κ1) is 19.0. The number of likely N-dealkylation sites (tertiary alicyclic amines) is 1. The second-order valence-corrected chi connectivity index (χ2v) is 8.23. The normalized spacial score (nSPS) is 21.7. The van der Waals surface area contributed by atoms with Gasteiger partial charge in [-0.15, -0.1) is 0 Å². The Morgan fingerprint density at radius 2 is 1.68 bits per heavy atom. The van der Waals surface area contributed by atoms with Crippen molar-refractivity contribution in [2.75, 3.05) is 11.9 Å². The first-order valence-electron chi connectivity index (χ1n) is 10.1. The average molecular weight is 397 g/mol. The zero-order chi connectivity index (χ0) is 19.5. The molecule has 1 saturated carbocycles. The van der Waals surface area contributed by atoms with Crippen LogP contribution in [0.1, 0.15) is 59.2 Å². The minimum Gasteiger partial charge on any atom is -0.335 e. The molecule has 2 fully saturated rings. The molecule has 1 aliphatic heterocycles. The zero-order valence-corrected chi connectivity index (χ0v) is 16.6. The van der Waals surface area contributed by atoms with Crippen molar-refractivity contribution in [3.63, 3.8) is 0 Å². The Morgan fingerprint density at radius 3 is 2.50 bits per heavy atom. The van der Waals surface area contributed by atoms with Crippen molar-refractivity contribution >= 4 is 29.1 Å². The summed E-state index contributed by atoms with van der Waals surface area (Å²) in [5, 5.41) is 3.47. The minimum atomic E-state index is -0.216. The van der Waals surface area contributed by atoms with Crippen LogP contribution in [0.25, 0.3) is 0 Å². The summed E-state index contributed by atoms with van der Waals surface area (Å²) in [7, 11) is 0. The fourth-order valence-corrected chi connectivity index (χ4v) is 4.70. The third-order valence-corrected chi connectivity index (χ3v) is 6.23. The molecule has 0 radical (unpaired) electrons. The maximum atomic E-state index is 13.2. The topological polar surface area (TPSA) is 49.4 Å². The van der Waals surface area contributed by atoms with Crippen LogP contribution in [0.2, 0.25) is 5.02 Å². The van der Waals surface area contributed by atoms with E-state index < -0.39 is 0 Å². The highest BCUT2D eigenvalue weighted by Gasteiger charge is 2.35. The van der Waals surface area contributed by atoms with E-state index in [-0.39, 0.29) is 11.8 Å². The van der Waals surface area contributed by atoms with E-state index in [2.05, 4.69) is 10.2 Å². The van der Waals surface area contributed by atoms with Crippen LogP contribution in [0.3, 0.4) is 0 Å². The lowest BCUT2D eigenvalue weighted by Gasteiger charge is -2.44.